The highest BCUT2D eigenvalue weighted by Gasteiger charge is 2.37. The molecule has 0 spiro atoms. The molecule has 2 saturated heterocycles. The molecule has 86 valence electrons. The molecule has 2 bridgehead atoms. The van der Waals surface area contributed by atoms with E-state index >= 15 is 0 Å². The lowest BCUT2D eigenvalue weighted by molar-refractivity contribution is 0.580. The Hall–Kier alpha value is -1.61. The number of nitrogens with zero attached hydrogens (tertiary/aromatic N) is 2. The fourth-order valence-electron chi connectivity index (χ4n) is 3.09. The lowest BCUT2D eigenvalue weighted by Gasteiger charge is -2.29. The second-order valence-corrected chi connectivity index (χ2v) is 5.03. The van der Waals surface area contributed by atoms with E-state index in [1.54, 1.807) is 0 Å². The molecule has 2 aromatic rings. The fourth-order valence-corrected chi connectivity index (χ4v) is 3.09. The van der Waals surface area contributed by atoms with Gasteiger partial charge in [-0.25, -0.2) is 0 Å². The smallest absolute Gasteiger partial charge is 0.0703 e. The summed E-state index contributed by atoms with van der Waals surface area (Å²) in [7, 11) is 0. The van der Waals surface area contributed by atoms with Crippen LogP contribution in [-0.4, -0.2) is 30.2 Å². The SMILES string of the molecule is c1ccc2ncc(N3C[C@H]4C[C@@H]3CN4)cc2c1. The van der Waals surface area contributed by atoms with Gasteiger partial charge < -0.3 is 10.2 Å². The molecule has 0 amide bonds. The number of para-hydroxylation sites is 1. The molecular formula is C14H15N3. The number of pyridine rings is 1. The van der Waals surface area contributed by atoms with Gasteiger partial charge in [-0.2, -0.15) is 0 Å². The van der Waals surface area contributed by atoms with Gasteiger partial charge >= 0.3 is 0 Å². The molecule has 1 aromatic heterocycles. The van der Waals surface area contributed by atoms with Crippen LogP contribution >= 0.6 is 0 Å². The number of hydrogen-bond donors (Lipinski definition) is 1. The first-order valence-electron chi connectivity index (χ1n) is 6.25. The minimum atomic E-state index is 0.669. The van der Waals surface area contributed by atoms with Crippen LogP contribution in [0, 0.1) is 0 Å². The summed E-state index contributed by atoms with van der Waals surface area (Å²) in [6.07, 6.45) is 3.30. The van der Waals surface area contributed by atoms with Crippen molar-refractivity contribution in [2.45, 2.75) is 18.5 Å². The monoisotopic (exact) mass is 225 g/mol. The second kappa shape index (κ2) is 3.44. The Morgan fingerprint density at radius 3 is 3.06 bits per heavy atom. The third kappa shape index (κ3) is 1.42. The minimum absolute atomic E-state index is 0.669. The van der Waals surface area contributed by atoms with Crippen molar-refractivity contribution >= 4 is 16.6 Å². The van der Waals surface area contributed by atoms with Gasteiger partial charge in [0.15, 0.2) is 0 Å². The summed E-state index contributed by atoms with van der Waals surface area (Å²) in [4.78, 5) is 7.05. The molecule has 1 aromatic carbocycles. The van der Waals surface area contributed by atoms with E-state index in [2.05, 4.69) is 39.5 Å². The molecule has 1 N–H and O–H groups in total. The van der Waals surface area contributed by atoms with Crippen molar-refractivity contribution in [2.24, 2.45) is 0 Å². The molecular weight excluding hydrogens is 210 g/mol. The molecule has 2 atom stereocenters. The Morgan fingerprint density at radius 2 is 2.24 bits per heavy atom. The number of rotatable bonds is 1. The van der Waals surface area contributed by atoms with Crippen LogP contribution in [-0.2, 0) is 0 Å². The maximum atomic E-state index is 4.55. The van der Waals surface area contributed by atoms with Gasteiger partial charge in [-0.3, -0.25) is 4.98 Å². The number of hydrogen-bond acceptors (Lipinski definition) is 3. The number of aromatic nitrogens is 1. The summed E-state index contributed by atoms with van der Waals surface area (Å²) < 4.78 is 0. The number of anilines is 1. The summed E-state index contributed by atoms with van der Waals surface area (Å²) in [5.41, 5.74) is 2.36. The van der Waals surface area contributed by atoms with Crippen molar-refractivity contribution in [2.75, 3.05) is 18.0 Å². The Labute approximate surface area is 100 Å². The average Bonchev–Trinajstić information content (AvgIpc) is 3.00. The van der Waals surface area contributed by atoms with Crippen LogP contribution in [0.25, 0.3) is 10.9 Å². The van der Waals surface area contributed by atoms with E-state index in [4.69, 9.17) is 0 Å². The molecule has 3 heteroatoms. The summed E-state index contributed by atoms with van der Waals surface area (Å²) in [6.45, 7) is 2.25. The summed E-state index contributed by atoms with van der Waals surface area (Å²) in [5.74, 6) is 0. The first-order chi connectivity index (χ1) is 8.40. The van der Waals surface area contributed by atoms with E-state index in [9.17, 15) is 0 Å². The molecule has 3 nitrogen and oxygen atoms in total. The van der Waals surface area contributed by atoms with Gasteiger partial charge in [0.1, 0.15) is 0 Å². The predicted molar refractivity (Wildman–Crippen MR) is 69.3 cm³/mol. The van der Waals surface area contributed by atoms with Gasteiger partial charge in [-0.05, 0) is 18.6 Å². The van der Waals surface area contributed by atoms with Gasteiger partial charge in [0.2, 0.25) is 0 Å². The molecule has 2 fully saturated rings. The maximum absolute atomic E-state index is 4.55. The topological polar surface area (TPSA) is 28.2 Å². The van der Waals surface area contributed by atoms with Crippen LogP contribution in [0.1, 0.15) is 6.42 Å². The van der Waals surface area contributed by atoms with Crippen molar-refractivity contribution in [3.8, 4) is 0 Å². The predicted octanol–water partition coefficient (Wildman–Crippen LogP) is 1.79. The first-order valence-corrected chi connectivity index (χ1v) is 6.25. The number of benzene rings is 1. The van der Waals surface area contributed by atoms with Gasteiger partial charge in [0.05, 0.1) is 17.4 Å². The van der Waals surface area contributed by atoms with Gasteiger partial charge in [0, 0.05) is 30.6 Å². The van der Waals surface area contributed by atoms with E-state index in [1.165, 1.54) is 17.5 Å². The molecule has 2 aliphatic heterocycles. The highest BCUT2D eigenvalue weighted by Crippen LogP contribution is 2.30. The van der Waals surface area contributed by atoms with Crippen LogP contribution in [0.5, 0.6) is 0 Å². The van der Waals surface area contributed by atoms with E-state index < -0.39 is 0 Å². The van der Waals surface area contributed by atoms with Crippen molar-refractivity contribution in [3.63, 3.8) is 0 Å². The Kier molecular flexibility index (Phi) is 1.91. The normalized spacial score (nSPS) is 26.9. The van der Waals surface area contributed by atoms with Crippen LogP contribution in [0.4, 0.5) is 5.69 Å². The third-order valence-corrected chi connectivity index (χ3v) is 3.96. The standard InChI is InChI=1S/C14H15N3/c1-2-4-14-10(3-1)5-12(8-16-14)17-9-11-6-13(17)7-15-11/h1-5,8,11,13,15H,6-7,9H2/t11-,13-/m1/s1. The van der Waals surface area contributed by atoms with Crippen molar-refractivity contribution in [1.82, 2.24) is 10.3 Å². The maximum Gasteiger partial charge on any atom is 0.0703 e. The lowest BCUT2D eigenvalue weighted by atomic mass is 10.2. The highest BCUT2D eigenvalue weighted by atomic mass is 15.3. The van der Waals surface area contributed by atoms with Gasteiger partial charge in [-0.1, -0.05) is 18.2 Å². The second-order valence-electron chi connectivity index (χ2n) is 5.03. The molecule has 4 rings (SSSR count). The molecule has 0 saturated carbocycles. The van der Waals surface area contributed by atoms with Gasteiger partial charge in [0.25, 0.3) is 0 Å². The number of fused-ring (bicyclic) bond motifs is 3. The molecule has 0 radical (unpaired) electrons. The van der Waals surface area contributed by atoms with E-state index in [1.807, 2.05) is 12.3 Å². The van der Waals surface area contributed by atoms with E-state index in [-0.39, 0.29) is 0 Å². The highest BCUT2D eigenvalue weighted by molar-refractivity contribution is 5.81. The Morgan fingerprint density at radius 1 is 1.29 bits per heavy atom. The molecule has 0 aliphatic carbocycles. The summed E-state index contributed by atoms with van der Waals surface area (Å²) in [6, 6.07) is 11.9. The molecule has 0 unspecified atom stereocenters. The van der Waals surface area contributed by atoms with Crippen LogP contribution < -0.4 is 10.2 Å². The number of piperazine rings is 1. The molecule has 17 heavy (non-hydrogen) atoms. The van der Waals surface area contributed by atoms with Crippen LogP contribution in [0.15, 0.2) is 36.5 Å². The average molecular weight is 225 g/mol. The summed E-state index contributed by atoms with van der Waals surface area (Å²) in [5, 5.41) is 4.77. The van der Waals surface area contributed by atoms with E-state index in [0.717, 1.165) is 18.6 Å². The van der Waals surface area contributed by atoms with Gasteiger partial charge in [-0.15, -0.1) is 0 Å². The zero-order valence-corrected chi connectivity index (χ0v) is 9.63. The first kappa shape index (κ1) is 9.42. The number of nitrogens with one attached hydrogen (secondary N) is 1. The Balaban J connectivity index is 1.76. The van der Waals surface area contributed by atoms with Crippen molar-refractivity contribution in [1.29, 1.82) is 0 Å². The lowest BCUT2D eigenvalue weighted by Crippen LogP contribution is -2.43. The van der Waals surface area contributed by atoms with E-state index in [0.29, 0.717) is 12.1 Å². The van der Waals surface area contributed by atoms with Crippen molar-refractivity contribution in [3.05, 3.63) is 36.5 Å². The summed E-state index contributed by atoms with van der Waals surface area (Å²) >= 11 is 0. The zero-order chi connectivity index (χ0) is 11.2. The third-order valence-electron chi connectivity index (χ3n) is 3.96. The zero-order valence-electron chi connectivity index (χ0n) is 9.63. The fraction of sp³-hybridized carbons (Fsp3) is 0.357. The largest absolute Gasteiger partial charge is 0.364 e. The van der Waals surface area contributed by atoms with Crippen LogP contribution in [0.3, 0.4) is 0 Å². The molecule has 3 heterocycles. The molecule has 2 aliphatic rings. The van der Waals surface area contributed by atoms with Crippen molar-refractivity contribution < 1.29 is 0 Å². The van der Waals surface area contributed by atoms with Crippen LogP contribution in [0.2, 0.25) is 0 Å². The minimum Gasteiger partial charge on any atom is -0.364 e. The Bertz CT molecular complexity index is 566. The quantitative estimate of drug-likeness (QED) is 0.802.